The van der Waals surface area contributed by atoms with Crippen LogP contribution in [0, 0.1) is 17.7 Å². The molecule has 38 heavy (non-hydrogen) atoms. The zero-order valence-corrected chi connectivity index (χ0v) is 20.0. The van der Waals surface area contributed by atoms with Crippen molar-refractivity contribution in [2.45, 2.75) is 38.0 Å². The van der Waals surface area contributed by atoms with Crippen LogP contribution in [0.5, 0.6) is 11.5 Å². The van der Waals surface area contributed by atoms with E-state index in [9.17, 15) is 26.3 Å². The lowest BCUT2D eigenvalue weighted by Crippen LogP contribution is -2.35. The fourth-order valence-corrected chi connectivity index (χ4v) is 4.54. The van der Waals surface area contributed by atoms with Crippen LogP contribution in [0.2, 0.25) is 0 Å². The Morgan fingerprint density at radius 2 is 1.32 bits per heavy atom. The molecule has 202 valence electrons. The van der Waals surface area contributed by atoms with E-state index in [2.05, 4.69) is 9.47 Å². The van der Waals surface area contributed by atoms with E-state index in [1.807, 2.05) is 24.3 Å². The van der Waals surface area contributed by atoms with Crippen molar-refractivity contribution in [1.29, 1.82) is 0 Å². The van der Waals surface area contributed by atoms with Gasteiger partial charge < -0.3 is 18.9 Å². The molecule has 0 amide bonds. The molecule has 0 atom stereocenters. The molecule has 0 bridgehead atoms. The Hall–Kier alpha value is -3.24. The molecule has 0 radical (unpaired) electrons. The van der Waals surface area contributed by atoms with E-state index >= 15 is 0 Å². The van der Waals surface area contributed by atoms with Crippen LogP contribution in [0.3, 0.4) is 0 Å². The van der Waals surface area contributed by atoms with Crippen LogP contribution in [-0.2, 0) is 15.6 Å². The minimum Gasteiger partial charge on any atom is -0.429 e. The third-order valence-corrected chi connectivity index (χ3v) is 6.85. The van der Waals surface area contributed by atoms with Gasteiger partial charge in [-0.2, -0.15) is 8.78 Å². The van der Waals surface area contributed by atoms with Crippen molar-refractivity contribution in [2.24, 2.45) is 11.8 Å². The van der Waals surface area contributed by atoms with Crippen molar-refractivity contribution in [2.75, 3.05) is 13.2 Å². The van der Waals surface area contributed by atoms with Gasteiger partial charge in [-0.1, -0.05) is 55.7 Å². The minimum absolute atomic E-state index is 0.401. The van der Waals surface area contributed by atoms with Crippen LogP contribution in [0.25, 0.3) is 11.1 Å². The molecule has 2 fully saturated rings. The zero-order chi connectivity index (χ0) is 26.9. The molecule has 0 unspecified atom stereocenters. The molecular formula is C28H24F6O4. The predicted molar refractivity (Wildman–Crippen MR) is 125 cm³/mol. The summed E-state index contributed by atoms with van der Waals surface area (Å²) in [5.41, 5.74) is 1.82. The number of halogens is 6. The number of ether oxygens (including phenoxy) is 4. The third-order valence-electron chi connectivity index (χ3n) is 6.85. The minimum atomic E-state index is -5.12. The van der Waals surface area contributed by atoms with E-state index < -0.39 is 41.6 Å². The summed E-state index contributed by atoms with van der Waals surface area (Å²) in [5, 5.41) is 0. The van der Waals surface area contributed by atoms with Gasteiger partial charge in [-0.15, -0.1) is 13.2 Å². The van der Waals surface area contributed by atoms with Gasteiger partial charge in [0.2, 0.25) is 0 Å². The molecule has 4 nitrogen and oxygen atoms in total. The second-order valence-electron chi connectivity index (χ2n) is 9.41. The highest BCUT2D eigenvalue weighted by Crippen LogP contribution is 2.38. The highest BCUT2D eigenvalue weighted by molar-refractivity contribution is 5.64. The SMILES string of the molecule is Fc1cc(OC(F)(F)c2ccc(-c3ccc(C4OCC(C5CCC5)CO4)cc3)cc2)ccc1OC(F)(F)F. The summed E-state index contributed by atoms with van der Waals surface area (Å²) in [6.07, 6.45) is -5.67. The lowest BCUT2D eigenvalue weighted by molar-refractivity contribution is -0.275. The Morgan fingerprint density at radius 3 is 1.84 bits per heavy atom. The van der Waals surface area contributed by atoms with E-state index in [1.165, 1.54) is 31.4 Å². The van der Waals surface area contributed by atoms with E-state index in [4.69, 9.17) is 9.47 Å². The molecular weight excluding hydrogens is 514 g/mol. The number of alkyl halides is 5. The second-order valence-corrected chi connectivity index (χ2v) is 9.41. The molecule has 1 saturated carbocycles. The van der Waals surface area contributed by atoms with Crippen molar-refractivity contribution in [3.8, 4) is 22.6 Å². The highest BCUT2D eigenvalue weighted by Gasteiger charge is 2.36. The number of hydrogen-bond acceptors (Lipinski definition) is 4. The average Bonchev–Trinajstić information content (AvgIpc) is 2.85. The monoisotopic (exact) mass is 538 g/mol. The van der Waals surface area contributed by atoms with E-state index in [-0.39, 0.29) is 0 Å². The topological polar surface area (TPSA) is 36.9 Å². The number of hydrogen-bond donors (Lipinski definition) is 0. The normalized spacial score (nSPS) is 20.6. The number of benzene rings is 3. The zero-order valence-electron chi connectivity index (χ0n) is 20.0. The average molecular weight is 538 g/mol. The summed E-state index contributed by atoms with van der Waals surface area (Å²) in [6, 6.07) is 14.5. The van der Waals surface area contributed by atoms with Gasteiger partial charge in [-0.05, 0) is 41.3 Å². The quantitative estimate of drug-likeness (QED) is 0.286. The van der Waals surface area contributed by atoms with Crippen LogP contribution in [0.15, 0.2) is 66.7 Å². The van der Waals surface area contributed by atoms with E-state index in [1.54, 1.807) is 0 Å². The maximum absolute atomic E-state index is 14.7. The smallest absolute Gasteiger partial charge is 0.429 e. The van der Waals surface area contributed by atoms with Crippen molar-refractivity contribution in [1.82, 2.24) is 0 Å². The van der Waals surface area contributed by atoms with Crippen LogP contribution in [0.4, 0.5) is 26.3 Å². The summed E-state index contributed by atoms with van der Waals surface area (Å²) in [4.78, 5) is 0. The Kier molecular flexibility index (Phi) is 7.28. The van der Waals surface area contributed by atoms with Crippen LogP contribution < -0.4 is 9.47 Å². The Bertz CT molecular complexity index is 1230. The van der Waals surface area contributed by atoms with Crippen molar-refractivity contribution in [3.63, 3.8) is 0 Å². The maximum Gasteiger partial charge on any atom is 0.573 e. The first kappa shape index (κ1) is 26.4. The van der Waals surface area contributed by atoms with Crippen molar-refractivity contribution >= 4 is 0 Å². The molecule has 0 N–H and O–H groups in total. The highest BCUT2D eigenvalue weighted by atomic mass is 19.4. The summed E-state index contributed by atoms with van der Waals surface area (Å²) in [6.45, 7) is 1.35. The molecule has 2 aliphatic rings. The number of rotatable bonds is 7. The maximum atomic E-state index is 14.7. The van der Waals surface area contributed by atoms with Gasteiger partial charge in [-0.3, -0.25) is 0 Å². The molecule has 3 aromatic rings. The fourth-order valence-electron chi connectivity index (χ4n) is 4.54. The molecule has 0 spiro atoms. The van der Waals surface area contributed by atoms with Gasteiger partial charge in [-0.25, -0.2) is 4.39 Å². The first-order chi connectivity index (χ1) is 18.1. The molecule has 10 heteroatoms. The molecule has 0 aromatic heterocycles. The molecule has 3 aromatic carbocycles. The summed E-state index contributed by atoms with van der Waals surface area (Å²) in [5.74, 6) is -2.16. The first-order valence-electron chi connectivity index (χ1n) is 12.1. The summed E-state index contributed by atoms with van der Waals surface area (Å²) >= 11 is 0. The lowest BCUT2D eigenvalue weighted by Gasteiger charge is -2.38. The Labute approximate surface area is 215 Å². The van der Waals surface area contributed by atoms with Gasteiger partial charge >= 0.3 is 12.5 Å². The summed E-state index contributed by atoms with van der Waals surface area (Å²) < 4.78 is 99.9. The van der Waals surface area contributed by atoms with E-state index in [0.717, 1.165) is 29.3 Å². The lowest BCUT2D eigenvalue weighted by atomic mass is 9.76. The standard InChI is InChI=1S/C28H24F6O4/c29-24-14-23(12-13-25(24)38-28(32,33)34)37-27(30,31)22-10-8-19(9-11-22)18-4-6-20(7-5-18)26-35-15-21(16-36-26)17-2-1-3-17/h4-14,17,21,26H,1-3,15-16H2. The van der Waals surface area contributed by atoms with Gasteiger partial charge in [0.1, 0.15) is 5.75 Å². The van der Waals surface area contributed by atoms with Crippen LogP contribution in [0.1, 0.15) is 36.7 Å². The van der Waals surface area contributed by atoms with Gasteiger partial charge in [0.25, 0.3) is 0 Å². The molecule has 1 heterocycles. The third kappa shape index (κ3) is 6.07. The predicted octanol–water partition coefficient (Wildman–Crippen LogP) is 7.98. The Balaban J connectivity index is 1.21. The van der Waals surface area contributed by atoms with Gasteiger partial charge in [0.05, 0.1) is 18.8 Å². The van der Waals surface area contributed by atoms with Crippen molar-refractivity contribution in [3.05, 3.63) is 83.7 Å². The molecule has 1 saturated heterocycles. The fraction of sp³-hybridized carbons (Fsp3) is 0.357. The second kappa shape index (κ2) is 10.5. The summed E-state index contributed by atoms with van der Waals surface area (Å²) in [7, 11) is 0. The molecule has 1 aliphatic heterocycles. The Morgan fingerprint density at radius 1 is 0.711 bits per heavy atom. The van der Waals surface area contributed by atoms with Crippen LogP contribution >= 0.6 is 0 Å². The van der Waals surface area contributed by atoms with E-state index in [0.29, 0.717) is 42.7 Å². The largest absolute Gasteiger partial charge is 0.573 e. The first-order valence-corrected chi connectivity index (χ1v) is 12.1. The van der Waals surface area contributed by atoms with Gasteiger partial charge in [0.15, 0.2) is 17.9 Å². The van der Waals surface area contributed by atoms with Crippen molar-refractivity contribution < 1.29 is 45.3 Å². The van der Waals surface area contributed by atoms with Crippen LogP contribution in [-0.4, -0.2) is 19.6 Å². The molecule has 1 aliphatic carbocycles. The molecule has 5 rings (SSSR count). The van der Waals surface area contributed by atoms with Gasteiger partial charge in [0, 0.05) is 17.5 Å².